The van der Waals surface area contributed by atoms with Gasteiger partial charge in [-0.3, -0.25) is 4.90 Å². The largest absolute Gasteiger partial charge is 0.299 e. The number of nitrogens with zero attached hydrogens (tertiary/aromatic N) is 2. The minimum Gasteiger partial charge on any atom is -0.299 e. The van der Waals surface area contributed by atoms with Gasteiger partial charge < -0.3 is 0 Å². The fourth-order valence-corrected chi connectivity index (χ4v) is 4.25. The van der Waals surface area contributed by atoms with Gasteiger partial charge in [-0.2, -0.15) is 4.31 Å². The van der Waals surface area contributed by atoms with Gasteiger partial charge in [0.05, 0.1) is 4.90 Å². The zero-order chi connectivity index (χ0) is 15.1. The molecule has 1 aliphatic rings. The van der Waals surface area contributed by atoms with Crippen molar-refractivity contribution in [3.05, 3.63) is 28.2 Å². The molecular weight excluding hydrogens is 340 g/mol. The molecule has 0 bridgehead atoms. The summed E-state index contributed by atoms with van der Waals surface area (Å²) in [6, 6.07) is 5.19. The van der Waals surface area contributed by atoms with E-state index in [1.165, 1.54) is 0 Å². The fourth-order valence-electron chi connectivity index (χ4n) is 2.33. The minimum absolute atomic E-state index is 0.143. The highest BCUT2D eigenvalue weighted by Gasteiger charge is 2.37. The van der Waals surface area contributed by atoms with Crippen LogP contribution in [-0.2, 0) is 10.0 Å². The second-order valence-electron chi connectivity index (χ2n) is 5.98. The zero-order valence-electron chi connectivity index (χ0n) is 12.4. The monoisotopic (exact) mass is 360 g/mol. The average molecular weight is 361 g/mol. The van der Waals surface area contributed by atoms with Crippen LogP contribution in [0.25, 0.3) is 0 Å². The molecule has 1 aliphatic heterocycles. The van der Waals surface area contributed by atoms with Gasteiger partial charge in [0.25, 0.3) is 0 Å². The van der Waals surface area contributed by atoms with Crippen LogP contribution in [0.5, 0.6) is 0 Å². The van der Waals surface area contributed by atoms with Gasteiger partial charge in [-0.15, -0.1) is 0 Å². The molecule has 0 aromatic heterocycles. The van der Waals surface area contributed by atoms with Crippen LogP contribution in [0, 0.1) is 6.92 Å². The first-order valence-electron chi connectivity index (χ1n) is 6.62. The Kier molecular flexibility index (Phi) is 4.31. The molecular formula is C14H21BrN2O2S. The average Bonchev–Trinajstić information content (AvgIpc) is 2.35. The molecule has 0 N–H and O–H groups in total. The van der Waals surface area contributed by atoms with E-state index in [4.69, 9.17) is 0 Å². The van der Waals surface area contributed by atoms with E-state index in [0.717, 1.165) is 16.6 Å². The molecule has 4 nitrogen and oxygen atoms in total. The van der Waals surface area contributed by atoms with Gasteiger partial charge >= 0.3 is 0 Å². The second-order valence-corrected chi connectivity index (χ2v) is 8.78. The van der Waals surface area contributed by atoms with Crippen molar-refractivity contribution in [2.75, 3.05) is 26.7 Å². The Morgan fingerprint density at radius 3 is 2.45 bits per heavy atom. The van der Waals surface area contributed by atoms with Crippen molar-refractivity contribution < 1.29 is 8.42 Å². The molecule has 0 radical (unpaired) electrons. The minimum atomic E-state index is -3.41. The molecule has 0 atom stereocenters. The Hall–Kier alpha value is -0.430. The normalized spacial score (nSPS) is 21.1. The summed E-state index contributed by atoms with van der Waals surface area (Å²) in [6.07, 6.45) is 0. The van der Waals surface area contributed by atoms with Crippen LogP contribution in [0.2, 0.25) is 0 Å². The number of hydrogen-bond donors (Lipinski definition) is 0. The molecule has 1 saturated heterocycles. The second kappa shape index (κ2) is 5.40. The van der Waals surface area contributed by atoms with Crippen LogP contribution in [0.15, 0.2) is 27.6 Å². The fraction of sp³-hybridized carbons (Fsp3) is 0.571. The van der Waals surface area contributed by atoms with Crippen LogP contribution >= 0.6 is 15.9 Å². The molecule has 20 heavy (non-hydrogen) atoms. The van der Waals surface area contributed by atoms with Crippen LogP contribution in [0.3, 0.4) is 0 Å². The topological polar surface area (TPSA) is 40.6 Å². The summed E-state index contributed by atoms with van der Waals surface area (Å²) in [5, 5.41) is 0. The number of aryl methyl sites for hydroxylation is 1. The van der Waals surface area contributed by atoms with Crippen LogP contribution in [-0.4, -0.2) is 49.8 Å². The molecule has 1 aromatic carbocycles. The van der Waals surface area contributed by atoms with Gasteiger partial charge in [0.15, 0.2) is 0 Å². The zero-order valence-corrected chi connectivity index (χ0v) is 14.8. The third-order valence-corrected chi connectivity index (χ3v) is 6.78. The molecule has 1 heterocycles. The molecule has 0 unspecified atom stereocenters. The van der Waals surface area contributed by atoms with E-state index in [9.17, 15) is 8.42 Å². The molecule has 2 rings (SSSR count). The first kappa shape index (κ1) is 15.9. The summed E-state index contributed by atoms with van der Waals surface area (Å²) in [6.45, 7) is 7.85. The SMILES string of the molecule is Cc1cc(S(=O)(=O)N2CCN(C)C(C)(C)C2)ccc1Br. The van der Waals surface area contributed by atoms with E-state index in [-0.39, 0.29) is 5.54 Å². The maximum absolute atomic E-state index is 12.7. The van der Waals surface area contributed by atoms with Crippen molar-refractivity contribution in [3.63, 3.8) is 0 Å². The van der Waals surface area contributed by atoms with E-state index in [1.54, 1.807) is 22.5 Å². The van der Waals surface area contributed by atoms with Crippen molar-refractivity contribution in [3.8, 4) is 0 Å². The lowest BCUT2D eigenvalue weighted by Gasteiger charge is -2.44. The smallest absolute Gasteiger partial charge is 0.243 e. The molecule has 0 aliphatic carbocycles. The lowest BCUT2D eigenvalue weighted by Crippen LogP contribution is -2.58. The highest BCUT2D eigenvalue weighted by atomic mass is 79.9. The third-order valence-electron chi connectivity index (χ3n) is 4.05. The number of halogens is 1. The third kappa shape index (κ3) is 2.93. The van der Waals surface area contributed by atoms with E-state index < -0.39 is 10.0 Å². The van der Waals surface area contributed by atoms with Crippen molar-refractivity contribution >= 4 is 26.0 Å². The van der Waals surface area contributed by atoms with Crippen LogP contribution < -0.4 is 0 Å². The Morgan fingerprint density at radius 2 is 1.90 bits per heavy atom. The van der Waals surface area contributed by atoms with Crippen LogP contribution in [0.1, 0.15) is 19.4 Å². The summed E-state index contributed by atoms with van der Waals surface area (Å²) in [5.41, 5.74) is 0.787. The van der Waals surface area contributed by atoms with Gasteiger partial charge in [-0.1, -0.05) is 15.9 Å². The van der Waals surface area contributed by atoms with Crippen molar-refractivity contribution in [1.29, 1.82) is 0 Å². The highest BCUT2D eigenvalue weighted by Crippen LogP contribution is 2.27. The van der Waals surface area contributed by atoms with Gasteiger partial charge in [-0.25, -0.2) is 8.42 Å². The number of sulfonamides is 1. The summed E-state index contributed by atoms with van der Waals surface area (Å²) in [5.74, 6) is 0. The van der Waals surface area contributed by atoms with Crippen molar-refractivity contribution in [1.82, 2.24) is 9.21 Å². The Balaban J connectivity index is 2.33. The first-order valence-corrected chi connectivity index (χ1v) is 8.85. The predicted octanol–water partition coefficient (Wildman–Crippen LogP) is 2.47. The number of benzene rings is 1. The van der Waals surface area contributed by atoms with E-state index in [2.05, 4.69) is 34.7 Å². The maximum Gasteiger partial charge on any atom is 0.243 e. The standard InChI is InChI=1S/C14H21BrN2O2S/c1-11-9-12(5-6-13(11)15)20(18,19)17-8-7-16(4)14(2,3)10-17/h5-6,9H,7-8,10H2,1-4H3. The number of rotatable bonds is 2. The lowest BCUT2D eigenvalue weighted by atomic mass is 10.0. The summed E-state index contributed by atoms with van der Waals surface area (Å²) in [7, 11) is -1.37. The summed E-state index contributed by atoms with van der Waals surface area (Å²) < 4.78 is 28.0. The predicted molar refractivity (Wildman–Crippen MR) is 84.3 cm³/mol. The number of likely N-dealkylation sites (N-methyl/N-ethyl adjacent to an activating group) is 1. The van der Waals surface area contributed by atoms with E-state index in [1.807, 2.05) is 14.0 Å². The maximum atomic E-state index is 12.7. The Morgan fingerprint density at radius 1 is 1.25 bits per heavy atom. The van der Waals surface area contributed by atoms with Crippen molar-refractivity contribution in [2.24, 2.45) is 0 Å². The van der Waals surface area contributed by atoms with Crippen molar-refractivity contribution in [2.45, 2.75) is 31.2 Å². The quantitative estimate of drug-likeness (QED) is 0.813. The molecule has 112 valence electrons. The van der Waals surface area contributed by atoms with Gasteiger partial charge in [0, 0.05) is 29.6 Å². The summed E-state index contributed by atoms with van der Waals surface area (Å²) in [4.78, 5) is 2.57. The molecule has 0 amide bonds. The van der Waals surface area contributed by atoms with Gasteiger partial charge in [0.2, 0.25) is 10.0 Å². The highest BCUT2D eigenvalue weighted by molar-refractivity contribution is 9.10. The van der Waals surface area contributed by atoms with E-state index >= 15 is 0 Å². The molecule has 1 aromatic rings. The molecule has 6 heteroatoms. The number of hydrogen-bond acceptors (Lipinski definition) is 3. The van der Waals surface area contributed by atoms with Crippen LogP contribution in [0.4, 0.5) is 0 Å². The molecule has 0 spiro atoms. The Labute approximate surface area is 129 Å². The summed E-state index contributed by atoms with van der Waals surface area (Å²) >= 11 is 3.40. The van der Waals surface area contributed by atoms with E-state index in [0.29, 0.717) is 18.0 Å². The van der Waals surface area contributed by atoms with Gasteiger partial charge in [-0.05, 0) is 51.6 Å². The Bertz CT molecular complexity index is 614. The number of piperazine rings is 1. The van der Waals surface area contributed by atoms with Gasteiger partial charge in [0.1, 0.15) is 0 Å². The molecule has 1 fully saturated rings. The molecule has 0 saturated carbocycles. The first-order chi connectivity index (χ1) is 9.14. The lowest BCUT2D eigenvalue weighted by molar-refractivity contribution is 0.0801.